The molecule has 0 spiro atoms. The number of ether oxygens (including phenoxy) is 1. The van der Waals surface area contributed by atoms with E-state index in [1.54, 1.807) is 12.4 Å². The lowest BCUT2D eigenvalue weighted by Crippen LogP contribution is -2.47. The minimum absolute atomic E-state index is 0. The van der Waals surface area contributed by atoms with Crippen LogP contribution in [0, 0.1) is 0 Å². The number of nitrogens with one attached hydrogen (secondary N) is 2. The number of amides is 1. The molecule has 102 valence electrons. The predicted molar refractivity (Wildman–Crippen MR) is 73.2 cm³/mol. The van der Waals surface area contributed by atoms with E-state index in [1.807, 2.05) is 12.1 Å². The van der Waals surface area contributed by atoms with E-state index in [4.69, 9.17) is 4.74 Å². The van der Waals surface area contributed by atoms with E-state index < -0.39 is 0 Å². The largest absolute Gasteiger partial charge is 0.366 e. The summed E-state index contributed by atoms with van der Waals surface area (Å²) >= 11 is 0. The zero-order valence-electron chi connectivity index (χ0n) is 9.80. The van der Waals surface area contributed by atoms with Crippen LogP contribution in [0.1, 0.15) is 5.56 Å². The number of aromatic nitrogens is 1. The van der Waals surface area contributed by atoms with E-state index in [1.165, 1.54) is 0 Å². The van der Waals surface area contributed by atoms with Gasteiger partial charge in [-0.1, -0.05) is 0 Å². The Kier molecular flexibility index (Phi) is 8.66. The summed E-state index contributed by atoms with van der Waals surface area (Å²) in [5.74, 6) is -0.0657. The minimum Gasteiger partial charge on any atom is -0.366 e. The minimum atomic E-state index is -0.365. The summed E-state index contributed by atoms with van der Waals surface area (Å²) in [4.78, 5) is 15.6. The van der Waals surface area contributed by atoms with Crippen molar-refractivity contribution >= 4 is 30.7 Å². The third kappa shape index (κ3) is 5.18. The number of nitrogens with zero attached hydrogens (tertiary/aromatic N) is 1. The Balaban J connectivity index is 0.00000144. The topological polar surface area (TPSA) is 63.2 Å². The highest BCUT2D eigenvalue weighted by atomic mass is 35.5. The van der Waals surface area contributed by atoms with Crippen molar-refractivity contribution in [3.05, 3.63) is 30.1 Å². The molecular formula is C11H17Cl2N3O2. The van der Waals surface area contributed by atoms with Crippen LogP contribution >= 0.6 is 24.8 Å². The van der Waals surface area contributed by atoms with Crippen LogP contribution in [0.4, 0.5) is 0 Å². The molecular weight excluding hydrogens is 277 g/mol. The Morgan fingerprint density at radius 1 is 1.44 bits per heavy atom. The number of hydrogen-bond donors (Lipinski definition) is 2. The van der Waals surface area contributed by atoms with Crippen molar-refractivity contribution in [1.29, 1.82) is 0 Å². The first-order chi connectivity index (χ1) is 7.86. The van der Waals surface area contributed by atoms with Crippen molar-refractivity contribution in [2.75, 3.05) is 19.7 Å². The molecule has 2 heterocycles. The van der Waals surface area contributed by atoms with E-state index in [0.29, 0.717) is 19.7 Å². The Morgan fingerprint density at radius 2 is 2.17 bits per heavy atom. The summed E-state index contributed by atoms with van der Waals surface area (Å²) in [6.07, 6.45) is 3.05. The standard InChI is InChI=1S/C11H15N3O2.2ClH/c15-11(10-8-13-5-6-16-10)14-7-9-1-3-12-4-2-9;;/h1-4,10,13H,5-8H2,(H,14,15);2*1H. The van der Waals surface area contributed by atoms with Gasteiger partial charge in [0.15, 0.2) is 0 Å². The van der Waals surface area contributed by atoms with Gasteiger partial charge in [-0.15, -0.1) is 24.8 Å². The summed E-state index contributed by atoms with van der Waals surface area (Å²) in [6, 6.07) is 3.75. The average Bonchev–Trinajstić information content (AvgIpc) is 2.38. The van der Waals surface area contributed by atoms with E-state index >= 15 is 0 Å². The molecule has 1 aromatic rings. The Morgan fingerprint density at radius 3 is 2.78 bits per heavy atom. The highest BCUT2D eigenvalue weighted by Gasteiger charge is 2.20. The molecule has 5 nitrogen and oxygen atoms in total. The number of hydrogen-bond acceptors (Lipinski definition) is 4. The van der Waals surface area contributed by atoms with Gasteiger partial charge in [0, 0.05) is 32.0 Å². The maximum Gasteiger partial charge on any atom is 0.250 e. The molecule has 0 radical (unpaired) electrons. The predicted octanol–water partition coefficient (Wildman–Crippen LogP) is 0.530. The molecule has 1 aromatic heterocycles. The fraction of sp³-hybridized carbons (Fsp3) is 0.455. The molecule has 2 N–H and O–H groups in total. The lowest BCUT2D eigenvalue weighted by atomic mass is 10.2. The summed E-state index contributed by atoms with van der Waals surface area (Å²) in [6.45, 7) is 2.50. The molecule has 1 saturated heterocycles. The molecule has 1 atom stereocenters. The highest BCUT2D eigenvalue weighted by molar-refractivity contribution is 5.85. The number of pyridine rings is 1. The van der Waals surface area contributed by atoms with Crippen LogP contribution in [0.25, 0.3) is 0 Å². The first kappa shape index (κ1) is 17.1. The molecule has 1 aliphatic rings. The Labute approximate surface area is 119 Å². The quantitative estimate of drug-likeness (QED) is 0.853. The molecule has 1 fully saturated rings. The van der Waals surface area contributed by atoms with Gasteiger partial charge in [0.2, 0.25) is 0 Å². The first-order valence-electron chi connectivity index (χ1n) is 5.35. The second kappa shape index (κ2) is 9.10. The summed E-state index contributed by atoms with van der Waals surface area (Å²) in [5.41, 5.74) is 1.03. The Hall–Kier alpha value is -0.880. The maximum absolute atomic E-state index is 11.7. The second-order valence-corrected chi connectivity index (χ2v) is 3.64. The number of carbonyl (C=O) groups excluding carboxylic acids is 1. The molecule has 0 aromatic carbocycles. The zero-order chi connectivity index (χ0) is 11.2. The van der Waals surface area contributed by atoms with Crippen LogP contribution in [0.2, 0.25) is 0 Å². The number of carbonyl (C=O) groups is 1. The summed E-state index contributed by atoms with van der Waals surface area (Å²) in [7, 11) is 0. The zero-order valence-corrected chi connectivity index (χ0v) is 11.4. The van der Waals surface area contributed by atoms with Crippen molar-refractivity contribution in [3.63, 3.8) is 0 Å². The van der Waals surface area contributed by atoms with Crippen LogP contribution in [0.5, 0.6) is 0 Å². The number of halogens is 2. The SMILES string of the molecule is Cl.Cl.O=C(NCc1ccncc1)C1CNCCO1. The van der Waals surface area contributed by atoms with E-state index in [9.17, 15) is 4.79 Å². The lowest BCUT2D eigenvalue weighted by molar-refractivity contribution is -0.134. The molecule has 7 heteroatoms. The van der Waals surface area contributed by atoms with Crippen LogP contribution < -0.4 is 10.6 Å². The second-order valence-electron chi connectivity index (χ2n) is 3.64. The maximum atomic E-state index is 11.7. The van der Waals surface area contributed by atoms with Crippen LogP contribution in [-0.2, 0) is 16.1 Å². The molecule has 1 unspecified atom stereocenters. The summed E-state index contributed by atoms with van der Waals surface area (Å²) < 4.78 is 5.34. The van der Waals surface area contributed by atoms with Gasteiger partial charge in [0.25, 0.3) is 5.91 Å². The monoisotopic (exact) mass is 293 g/mol. The van der Waals surface area contributed by atoms with Crippen molar-refractivity contribution < 1.29 is 9.53 Å². The number of rotatable bonds is 3. The van der Waals surface area contributed by atoms with Gasteiger partial charge >= 0.3 is 0 Å². The van der Waals surface area contributed by atoms with Gasteiger partial charge in [-0.05, 0) is 17.7 Å². The van der Waals surface area contributed by atoms with E-state index in [2.05, 4.69) is 15.6 Å². The highest BCUT2D eigenvalue weighted by Crippen LogP contribution is 1.98. The molecule has 2 rings (SSSR count). The van der Waals surface area contributed by atoms with E-state index in [-0.39, 0.29) is 36.8 Å². The lowest BCUT2D eigenvalue weighted by Gasteiger charge is -2.22. The summed E-state index contributed by atoms with van der Waals surface area (Å²) in [5, 5.41) is 5.96. The third-order valence-corrected chi connectivity index (χ3v) is 2.44. The van der Waals surface area contributed by atoms with Crippen molar-refractivity contribution in [2.24, 2.45) is 0 Å². The molecule has 0 aliphatic carbocycles. The fourth-order valence-electron chi connectivity index (χ4n) is 1.54. The van der Waals surface area contributed by atoms with Crippen molar-refractivity contribution in [1.82, 2.24) is 15.6 Å². The molecule has 1 aliphatic heterocycles. The molecule has 18 heavy (non-hydrogen) atoms. The van der Waals surface area contributed by atoms with Gasteiger partial charge in [-0.25, -0.2) is 0 Å². The molecule has 1 amide bonds. The van der Waals surface area contributed by atoms with Gasteiger partial charge < -0.3 is 15.4 Å². The third-order valence-electron chi connectivity index (χ3n) is 2.44. The first-order valence-corrected chi connectivity index (χ1v) is 5.35. The van der Waals surface area contributed by atoms with Crippen molar-refractivity contribution in [3.8, 4) is 0 Å². The van der Waals surface area contributed by atoms with E-state index in [0.717, 1.165) is 12.1 Å². The van der Waals surface area contributed by atoms with Crippen LogP contribution in [-0.4, -0.2) is 36.7 Å². The van der Waals surface area contributed by atoms with Crippen LogP contribution in [0.15, 0.2) is 24.5 Å². The smallest absolute Gasteiger partial charge is 0.250 e. The fourth-order valence-corrected chi connectivity index (χ4v) is 1.54. The van der Waals surface area contributed by atoms with Crippen LogP contribution in [0.3, 0.4) is 0 Å². The Bertz CT molecular complexity index is 345. The van der Waals surface area contributed by atoms with Crippen molar-refractivity contribution in [2.45, 2.75) is 12.6 Å². The van der Waals surface area contributed by atoms with Gasteiger partial charge in [-0.3, -0.25) is 9.78 Å². The van der Waals surface area contributed by atoms with Gasteiger partial charge in [-0.2, -0.15) is 0 Å². The van der Waals surface area contributed by atoms with Gasteiger partial charge in [0.05, 0.1) is 6.61 Å². The number of morpholine rings is 1. The average molecular weight is 294 g/mol. The molecule has 0 saturated carbocycles. The molecule has 0 bridgehead atoms. The normalized spacial score (nSPS) is 18.1. The van der Waals surface area contributed by atoms with Gasteiger partial charge in [0.1, 0.15) is 6.10 Å².